The minimum atomic E-state index is -1.73. The molecule has 1 heterocycles. The number of phenolic OH excluding ortho intramolecular Hbond substituents is 2. The van der Waals surface area contributed by atoms with Gasteiger partial charge in [-0.2, -0.15) is 0 Å². The second-order valence-electron chi connectivity index (χ2n) is 10.6. The Kier molecular flexibility index (Phi) is 20.0. The fourth-order valence-corrected chi connectivity index (χ4v) is 5.51. The Hall–Kier alpha value is -1.57. The zero-order valence-corrected chi connectivity index (χ0v) is 36.7. The van der Waals surface area contributed by atoms with E-state index < -0.39 is 54.9 Å². The summed E-state index contributed by atoms with van der Waals surface area (Å²) in [6.07, 6.45) is 0. The largest absolute Gasteiger partial charge is 1.00 e. The zero-order chi connectivity index (χ0) is 33.9. The topological polar surface area (TPSA) is 218 Å². The molecule has 0 aromatic heterocycles. The molecule has 2 N–H and O–H groups in total. The quantitative estimate of drug-likeness (QED) is 0.0519. The van der Waals surface area contributed by atoms with E-state index in [-0.39, 0.29) is 170 Å². The molecular formula is C32H28N2Na4O12. The van der Waals surface area contributed by atoms with Crippen LogP contribution in [-0.4, -0.2) is 51.0 Å². The number of carbonyl (C=O) groups excluding carboxylic acids is 3. The van der Waals surface area contributed by atoms with Crippen molar-refractivity contribution in [2.24, 2.45) is 0 Å². The second-order valence-corrected chi connectivity index (χ2v) is 10.6. The molecule has 50 heavy (non-hydrogen) atoms. The van der Waals surface area contributed by atoms with Gasteiger partial charge in [0.25, 0.3) is 0 Å². The van der Waals surface area contributed by atoms with E-state index in [1.165, 1.54) is 12.1 Å². The fourth-order valence-electron chi connectivity index (χ4n) is 5.51. The molecule has 0 saturated carbocycles. The molecule has 0 spiro atoms. The van der Waals surface area contributed by atoms with Crippen LogP contribution in [0.4, 0.5) is 0 Å². The van der Waals surface area contributed by atoms with Crippen LogP contribution in [0.15, 0.2) is 73.5 Å². The standard InChI is InChI=1S/C32H32N2O12.4Na/c1-17-9-23(11-21(29(17)39)13-33(15-27(35)36)16-28(37)38)32(26-8-6-5-7-25(26)31(41)44-32)24-10-18(2)30(40)22(12-24)14-34(19(3)45-42)20(4)46-43;;;;/h5-12,39-40,42-43H,3-4,13-16H2,1-2H3,(H,35,36)(H,37,38);;;;/q;4*+1/p-4. The van der Waals surface area contributed by atoms with Crippen LogP contribution >= 0.6 is 0 Å². The Labute approximate surface area is 376 Å². The first-order chi connectivity index (χ1) is 21.7. The first kappa shape index (κ1) is 48.4. The van der Waals surface area contributed by atoms with Crippen LogP contribution in [0.5, 0.6) is 11.5 Å². The molecule has 14 nitrogen and oxygen atoms in total. The van der Waals surface area contributed by atoms with Gasteiger partial charge in [0, 0.05) is 47.5 Å². The van der Waals surface area contributed by atoms with Gasteiger partial charge in [-0.25, -0.2) is 4.79 Å². The molecule has 0 fully saturated rings. The van der Waals surface area contributed by atoms with Crippen molar-refractivity contribution in [3.8, 4) is 11.5 Å². The van der Waals surface area contributed by atoms with Crippen molar-refractivity contribution in [1.82, 2.24) is 9.80 Å². The van der Waals surface area contributed by atoms with Crippen molar-refractivity contribution in [3.05, 3.63) is 118 Å². The Bertz CT molecular complexity index is 1720. The minimum Gasteiger partial charge on any atom is -0.663 e. The summed E-state index contributed by atoms with van der Waals surface area (Å²) in [7, 11) is 0. The molecule has 0 aliphatic carbocycles. The summed E-state index contributed by atoms with van der Waals surface area (Å²) in [6, 6.07) is 12.5. The van der Waals surface area contributed by atoms with Crippen LogP contribution in [0.1, 0.15) is 49.3 Å². The smallest absolute Gasteiger partial charge is 0.663 e. The van der Waals surface area contributed by atoms with Gasteiger partial charge >= 0.3 is 124 Å². The first-order valence-electron chi connectivity index (χ1n) is 13.6. The van der Waals surface area contributed by atoms with E-state index in [1.54, 1.807) is 50.2 Å². The summed E-state index contributed by atoms with van der Waals surface area (Å²) in [5, 5.41) is 67.0. The number of hydrogen-bond acceptors (Lipinski definition) is 14. The maximum atomic E-state index is 13.3. The number of nitrogens with zero attached hydrogens (tertiary/aromatic N) is 2. The number of carbonyl (C=O) groups is 3. The van der Waals surface area contributed by atoms with Crippen molar-refractivity contribution in [2.75, 3.05) is 13.1 Å². The first-order valence-corrected chi connectivity index (χ1v) is 13.6. The predicted molar refractivity (Wildman–Crippen MR) is 149 cm³/mol. The third kappa shape index (κ3) is 10.3. The van der Waals surface area contributed by atoms with Gasteiger partial charge in [-0.1, -0.05) is 18.2 Å². The van der Waals surface area contributed by atoms with Gasteiger partial charge in [-0.05, 0) is 68.5 Å². The Balaban J connectivity index is 0.00000600. The number of carboxylic acid groups (broad SMARTS) is 2. The third-order valence-corrected chi connectivity index (χ3v) is 7.57. The fraction of sp³-hybridized carbons (Fsp3) is 0.219. The molecule has 0 radical (unpaired) electrons. The van der Waals surface area contributed by atoms with E-state index in [0.29, 0.717) is 11.1 Å². The van der Waals surface area contributed by atoms with Gasteiger partial charge in [-0.3, -0.25) is 9.80 Å². The number of ether oxygens (including phenoxy) is 1. The van der Waals surface area contributed by atoms with Crippen LogP contribution in [0.3, 0.4) is 0 Å². The van der Waals surface area contributed by atoms with E-state index in [2.05, 4.69) is 22.9 Å². The summed E-state index contributed by atoms with van der Waals surface area (Å²) in [4.78, 5) is 45.7. The Morgan fingerprint density at radius 3 is 1.68 bits per heavy atom. The second kappa shape index (κ2) is 20.6. The number of aromatic hydroxyl groups is 2. The number of benzene rings is 3. The number of cyclic esters (lactones) is 1. The maximum absolute atomic E-state index is 13.3. The normalized spacial score (nSPS) is 14.0. The van der Waals surface area contributed by atoms with E-state index >= 15 is 0 Å². The summed E-state index contributed by atoms with van der Waals surface area (Å²) in [5.74, 6) is -5.45. The van der Waals surface area contributed by atoms with Crippen molar-refractivity contribution in [1.29, 1.82) is 0 Å². The Morgan fingerprint density at radius 2 is 1.24 bits per heavy atom. The molecule has 0 amide bonds. The van der Waals surface area contributed by atoms with Crippen molar-refractivity contribution >= 4 is 17.9 Å². The van der Waals surface area contributed by atoms with Crippen LogP contribution in [0.2, 0.25) is 0 Å². The van der Waals surface area contributed by atoms with Crippen LogP contribution < -0.4 is 139 Å². The number of carboxylic acids is 2. The van der Waals surface area contributed by atoms with Crippen LogP contribution in [0, 0.1) is 13.8 Å². The van der Waals surface area contributed by atoms with Crippen molar-refractivity contribution in [3.63, 3.8) is 0 Å². The molecule has 3 aromatic carbocycles. The van der Waals surface area contributed by atoms with E-state index in [4.69, 9.17) is 4.74 Å². The minimum absolute atomic E-state index is 0. The van der Waals surface area contributed by atoms with Gasteiger partial charge in [0.05, 0.1) is 24.0 Å². The molecule has 18 heteroatoms. The van der Waals surface area contributed by atoms with Gasteiger partial charge in [-0.15, -0.1) is 0 Å². The molecule has 1 aliphatic rings. The third-order valence-electron chi connectivity index (χ3n) is 7.57. The summed E-state index contributed by atoms with van der Waals surface area (Å²) >= 11 is 0. The monoisotopic (exact) mass is 724 g/mol. The number of rotatable bonds is 14. The molecule has 0 saturated heterocycles. The number of aryl methyl sites for hydroxylation is 2. The molecule has 3 aromatic rings. The zero-order valence-electron chi connectivity index (χ0n) is 28.7. The summed E-state index contributed by atoms with van der Waals surface area (Å²) < 4.78 is 6.15. The van der Waals surface area contributed by atoms with Gasteiger partial charge < -0.3 is 55.0 Å². The average Bonchev–Trinajstić information content (AvgIpc) is 3.31. The molecule has 1 aliphatic heterocycles. The average molecular weight is 725 g/mol. The molecule has 0 bridgehead atoms. The number of phenols is 2. The van der Waals surface area contributed by atoms with Gasteiger partial charge in [0.2, 0.25) is 0 Å². The maximum Gasteiger partial charge on any atom is 1.00 e. The van der Waals surface area contributed by atoms with Gasteiger partial charge in [0.15, 0.2) is 17.4 Å². The number of esters is 1. The summed E-state index contributed by atoms with van der Waals surface area (Å²) in [5.41, 5.74) is 0.211. The number of aliphatic carboxylic acids is 2. The van der Waals surface area contributed by atoms with E-state index in [1.807, 2.05) is 0 Å². The number of hydrogen-bond donors (Lipinski definition) is 2. The molecule has 4 rings (SSSR count). The molecule has 242 valence electrons. The molecule has 1 unspecified atom stereocenters. The van der Waals surface area contributed by atoms with E-state index in [9.17, 15) is 45.3 Å². The van der Waals surface area contributed by atoms with Crippen LogP contribution in [0.25, 0.3) is 0 Å². The SMILES string of the molecule is C=C(O[O-])N(Cc1cc(C2(c3cc(C)c(O)c(CN(CC(=O)[O-])CC(=O)[O-])c3)OC(=O)c3ccccc32)cc(C)c1O)C(=C)O[O-].[Na+].[Na+].[Na+].[Na+]. The molecular weight excluding hydrogens is 696 g/mol. The Morgan fingerprint density at radius 1 is 0.800 bits per heavy atom. The number of fused-ring (bicyclic) bond motifs is 1. The summed E-state index contributed by atoms with van der Waals surface area (Å²) in [6.45, 7) is 7.65. The molecule has 1 atom stereocenters. The van der Waals surface area contributed by atoms with Gasteiger partial charge in [0.1, 0.15) is 11.5 Å². The van der Waals surface area contributed by atoms with Crippen molar-refractivity contribution in [2.45, 2.75) is 32.5 Å². The van der Waals surface area contributed by atoms with Crippen molar-refractivity contribution < 1.29 is 178 Å². The predicted octanol–water partition coefficient (Wildman–Crippen LogP) is -13.2. The van der Waals surface area contributed by atoms with Crippen LogP contribution in [-0.2, 0) is 42.8 Å². The van der Waals surface area contributed by atoms with E-state index in [0.717, 1.165) is 9.80 Å².